The summed E-state index contributed by atoms with van der Waals surface area (Å²) in [5.41, 5.74) is 5.94. The first-order valence-electron chi connectivity index (χ1n) is 6.17. The van der Waals surface area contributed by atoms with E-state index in [2.05, 4.69) is 30.8 Å². The Bertz CT molecular complexity index is 205. The van der Waals surface area contributed by atoms with Crippen molar-refractivity contribution >= 4 is 5.96 Å². The molecule has 0 unspecified atom stereocenters. The molecule has 0 aromatic heterocycles. The Morgan fingerprint density at radius 3 is 2.47 bits per heavy atom. The normalized spacial score (nSPS) is 27.8. The predicted molar refractivity (Wildman–Crippen MR) is 66.0 cm³/mol. The van der Waals surface area contributed by atoms with Gasteiger partial charge in [0.05, 0.1) is 0 Å². The molecule has 15 heavy (non-hydrogen) atoms. The van der Waals surface area contributed by atoms with Gasteiger partial charge in [0.1, 0.15) is 0 Å². The van der Waals surface area contributed by atoms with Gasteiger partial charge in [-0.25, -0.2) is 0 Å². The Hall–Kier alpha value is -0.730. The third-order valence-corrected chi connectivity index (χ3v) is 3.39. The maximum absolute atomic E-state index is 5.94. The molecule has 0 amide bonds. The van der Waals surface area contributed by atoms with E-state index in [-0.39, 0.29) is 0 Å². The molecule has 1 saturated carbocycles. The molecule has 0 aromatic rings. The van der Waals surface area contributed by atoms with Crippen LogP contribution in [0.5, 0.6) is 0 Å². The average molecular weight is 211 g/mol. The molecule has 2 N–H and O–H groups in total. The summed E-state index contributed by atoms with van der Waals surface area (Å²) < 4.78 is 0. The van der Waals surface area contributed by atoms with Crippen LogP contribution in [0.25, 0.3) is 0 Å². The standard InChI is InChI=1S/C12H25N3/c1-4-9-14-12(13)15(3)11-7-5-10(2)6-8-11/h10-11H,4-9H2,1-3H3,(H2,13,14). The highest BCUT2D eigenvalue weighted by Gasteiger charge is 2.22. The molecule has 1 aliphatic carbocycles. The van der Waals surface area contributed by atoms with Crippen molar-refractivity contribution in [1.82, 2.24) is 4.90 Å². The van der Waals surface area contributed by atoms with Gasteiger partial charge in [0.15, 0.2) is 5.96 Å². The molecule has 0 aromatic carbocycles. The van der Waals surface area contributed by atoms with Crippen molar-refractivity contribution in [1.29, 1.82) is 0 Å². The van der Waals surface area contributed by atoms with E-state index in [0.717, 1.165) is 24.8 Å². The SMILES string of the molecule is CCCN=C(N)N(C)C1CCC(C)CC1. The zero-order valence-electron chi connectivity index (χ0n) is 10.4. The second-order valence-corrected chi connectivity index (χ2v) is 4.76. The minimum absolute atomic E-state index is 0.613. The van der Waals surface area contributed by atoms with Crippen molar-refractivity contribution in [3.8, 4) is 0 Å². The molecule has 88 valence electrons. The third-order valence-electron chi connectivity index (χ3n) is 3.39. The van der Waals surface area contributed by atoms with Gasteiger partial charge in [0, 0.05) is 19.6 Å². The first-order chi connectivity index (χ1) is 7.15. The van der Waals surface area contributed by atoms with Gasteiger partial charge < -0.3 is 10.6 Å². The van der Waals surface area contributed by atoms with Gasteiger partial charge in [-0.3, -0.25) is 4.99 Å². The summed E-state index contributed by atoms with van der Waals surface area (Å²) in [6, 6.07) is 0.613. The lowest BCUT2D eigenvalue weighted by atomic mass is 9.87. The van der Waals surface area contributed by atoms with Gasteiger partial charge in [-0.05, 0) is 38.0 Å². The summed E-state index contributed by atoms with van der Waals surface area (Å²) in [7, 11) is 2.08. The van der Waals surface area contributed by atoms with Crippen LogP contribution in [0.1, 0.15) is 46.0 Å². The predicted octanol–water partition coefficient (Wildman–Crippen LogP) is 2.22. The molecule has 1 rings (SSSR count). The number of aliphatic imine (C=N–C) groups is 1. The van der Waals surface area contributed by atoms with Crippen molar-refractivity contribution in [3.63, 3.8) is 0 Å². The lowest BCUT2D eigenvalue weighted by molar-refractivity contribution is 0.237. The Kier molecular flexibility index (Phi) is 4.92. The fourth-order valence-corrected chi connectivity index (χ4v) is 2.15. The van der Waals surface area contributed by atoms with Crippen molar-refractivity contribution in [2.75, 3.05) is 13.6 Å². The highest BCUT2D eigenvalue weighted by atomic mass is 15.3. The van der Waals surface area contributed by atoms with Gasteiger partial charge in [0.25, 0.3) is 0 Å². The molecule has 3 heteroatoms. The summed E-state index contributed by atoms with van der Waals surface area (Å²) in [5, 5.41) is 0. The van der Waals surface area contributed by atoms with Gasteiger partial charge in [-0.15, -0.1) is 0 Å². The molecular weight excluding hydrogens is 186 g/mol. The zero-order valence-corrected chi connectivity index (χ0v) is 10.4. The molecule has 1 aliphatic rings. The van der Waals surface area contributed by atoms with E-state index >= 15 is 0 Å². The molecule has 0 spiro atoms. The van der Waals surface area contributed by atoms with E-state index in [1.807, 2.05) is 0 Å². The molecule has 0 atom stereocenters. The van der Waals surface area contributed by atoms with E-state index in [1.165, 1.54) is 25.7 Å². The highest BCUT2D eigenvalue weighted by molar-refractivity contribution is 5.78. The van der Waals surface area contributed by atoms with Gasteiger partial charge in [-0.2, -0.15) is 0 Å². The Labute approximate surface area is 93.7 Å². The van der Waals surface area contributed by atoms with Crippen molar-refractivity contribution in [2.45, 2.75) is 52.0 Å². The molecule has 0 saturated heterocycles. The molecule has 0 bridgehead atoms. The molecule has 0 aliphatic heterocycles. The lowest BCUT2D eigenvalue weighted by Gasteiger charge is -2.34. The van der Waals surface area contributed by atoms with Gasteiger partial charge in [0.2, 0.25) is 0 Å². The second kappa shape index (κ2) is 5.99. The van der Waals surface area contributed by atoms with Crippen molar-refractivity contribution in [3.05, 3.63) is 0 Å². The van der Waals surface area contributed by atoms with Gasteiger partial charge in [-0.1, -0.05) is 13.8 Å². The van der Waals surface area contributed by atoms with E-state index in [1.54, 1.807) is 0 Å². The summed E-state index contributed by atoms with van der Waals surface area (Å²) in [5.74, 6) is 1.61. The third kappa shape index (κ3) is 3.73. The fraction of sp³-hybridized carbons (Fsp3) is 0.917. The van der Waals surface area contributed by atoms with Crippen LogP contribution in [0.3, 0.4) is 0 Å². The molecule has 0 heterocycles. The Morgan fingerprint density at radius 1 is 1.33 bits per heavy atom. The second-order valence-electron chi connectivity index (χ2n) is 4.76. The number of hydrogen-bond donors (Lipinski definition) is 1. The molecule has 0 radical (unpaired) electrons. The topological polar surface area (TPSA) is 41.6 Å². The van der Waals surface area contributed by atoms with Crippen LogP contribution in [0.15, 0.2) is 4.99 Å². The number of guanidine groups is 1. The lowest BCUT2D eigenvalue weighted by Crippen LogP contribution is -2.43. The summed E-state index contributed by atoms with van der Waals surface area (Å²) in [6.07, 6.45) is 6.25. The van der Waals surface area contributed by atoms with E-state index in [9.17, 15) is 0 Å². The van der Waals surface area contributed by atoms with Crippen molar-refractivity contribution < 1.29 is 0 Å². The van der Waals surface area contributed by atoms with Gasteiger partial charge >= 0.3 is 0 Å². The fourth-order valence-electron chi connectivity index (χ4n) is 2.15. The minimum atomic E-state index is 0.613. The zero-order chi connectivity index (χ0) is 11.3. The highest BCUT2D eigenvalue weighted by Crippen LogP contribution is 2.26. The van der Waals surface area contributed by atoms with E-state index in [4.69, 9.17) is 5.73 Å². The van der Waals surface area contributed by atoms with E-state index in [0.29, 0.717) is 6.04 Å². The summed E-state index contributed by atoms with van der Waals surface area (Å²) >= 11 is 0. The van der Waals surface area contributed by atoms with E-state index < -0.39 is 0 Å². The smallest absolute Gasteiger partial charge is 0.191 e. The van der Waals surface area contributed by atoms with Crippen LogP contribution >= 0.6 is 0 Å². The quantitative estimate of drug-likeness (QED) is 0.574. The summed E-state index contributed by atoms with van der Waals surface area (Å²) in [4.78, 5) is 6.53. The Morgan fingerprint density at radius 2 is 1.93 bits per heavy atom. The largest absolute Gasteiger partial charge is 0.370 e. The minimum Gasteiger partial charge on any atom is -0.370 e. The van der Waals surface area contributed by atoms with Crippen LogP contribution < -0.4 is 5.73 Å². The summed E-state index contributed by atoms with van der Waals surface area (Å²) in [6.45, 7) is 5.31. The average Bonchev–Trinajstić information content (AvgIpc) is 2.26. The maximum Gasteiger partial charge on any atom is 0.191 e. The molecular formula is C12H25N3. The Balaban J connectivity index is 2.42. The van der Waals surface area contributed by atoms with Crippen LogP contribution in [0.2, 0.25) is 0 Å². The molecule has 3 nitrogen and oxygen atoms in total. The first-order valence-corrected chi connectivity index (χ1v) is 6.17. The number of hydrogen-bond acceptors (Lipinski definition) is 1. The van der Waals surface area contributed by atoms with Crippen LogP contribution in [0.4, 0.5) is 0 Å². The number of nitrogens with two attached hydrogens (primary N) is 1. The monoisotopic (exact) mass is 211 g/mol. The van der Waals surface area contributed by atoms with Crippen molar-refractivity contribution in [2.24, 2.45) is 16.6 Å². The molecule has 1 fully saturated rings. The maximum atomic E-state index is 5.94. The number of nitrogens with zero attached hydrogens (tertiary/aromatic N) is 2. The van der Waals surface area contributed by atoms with Crippen LogP contribution in [-0.4, -0.2) is 30.5 Å². The van der Waals surface area contributed by atoms with Crippen LogP contribution in [-0.2, 0) is 0 Å². The first kappa shape index (κ1) is 12.3. The number of rotatable bonds is 3. The van der Waals surface area contributed by atoms with Crippen LogP contribution in [0, 0.1) is 5.92 Å².